The molecule has 1 amide bonds. The van der Waals surface area contributed by atoms with Crippen LogP contribution in [0, 0.1) is 5.92 Å². The van der Waals surface area contributed by atoms with Gasteiger partial charge in [-0.05, 0) is 37.1 Å². The van der Waals surface area contributed by atoms with E-state index in [1.54, 1.807) is 66.9 Å². The van der Waals surface area contributed by atoms with Gasteiger partial charge in [-0.1, -0.05) is 0 Å². The van der Waals surface area contributed by atoms with Gasteiger partial charge in [-0.15, -0.1) is 0 Å². The fourth-order valence-corrected chi connectivity index (χ4v) is 3.49. The lowest BCUT2D eigenvalue weighted by atomic mass is 9.96. The quantitative estimate of drug-likeness (QED) is 0.672. The van der Waals surface area contributed by atoms with E-state index in [9.17, 15) is 9.59 Å². The highest BCUT2D eigenvalue weighted by molar-refractivity contribution is 6.07. The van der Waals surface area contributed by atoms with Gasteiger partial charge < -0.3 is 14.8 Å². The molecule has 29 heavy (non-hydrogen) atoms. The normalized spacial score (nSPS) is 14.6. The van der Waals surface area contributed by atoms with E-state index in [0.717, 1.165) is 31.7 Å². The van der Waals surface area contributed by atoms with Crippen LogP contribution < -0.4 is 10.2 Å². The van der Waals surface area contributed by atoms with Crippen LogP contribution in [0.25, 0.3) is 0 Å². The minimum atomic E-state index is -0.147. The number of amides is 1. The Morgan fingerprint density at radius 3 is 2.41 bits per heavy atom. The third kappa shape index (κ3) is 4.16. The second kappa shape index (κ2) is 8.22. The number of nitrogens with one attached hydrogen (secondary N) is 1. The predicted octanol–water partition coefficient (Wildman–Crippen LogP) is 2.30. The van der Waals surface area contributed by atoms with Crippen molar-refractivity contribution in [3.63, 3.8) is 0 Å². The first kappa shape index (κ1) is 18.8. The lowest BCUT2D eigenvalue weighted by Crippen LogP contribution is -2.38. The molecular formula is C21H22N6O2. The van der Waals surface area contributed by atoms with E-state index in [4.69, 9.17) is 0 Å². The first-order chi connectivity index (χ1) is 14.1. The number of aromatic nitrogens is 4. The van der Waals surface area contributed by atoms with Gasteiger partial charge in [-0.3, -0.25) is 14.6 Å². The third-order valence-corrected chi connectivity index (χ3v) is 5.18. The van der Waals surface area contributed by atoms with Crippen molar-refractivity contribution in [2.24, 2.45) is 13.0 Å². The number of hydrogen-bond acceptors (Lipinski definition) is 6. The standard InChI is InChI=1S/C21H22N6O2/c1-26-13-10-24-20(26)19(28)15-2-4-17(5-3-15)25-21(29)16-6-11-27(12-7-16)18-14-22-8-9-23-18/h2-5,8-10,13-14,16H,6-7,11-12H2,1H3,(H,25,29). The monoisotopic (exact) mass is 390 g/mol. The van der Waals surface area contributed by atoms with E-state index in [2.05, 4.69) is 25.2 Å². The van der Waals surface area contributed by atoms with Crippen molar-refractivity contribution in [2.45, 2.75) is 12.8 Å². The maximum atomic E-state index is 12.6. The molecule has 2 aromatic heterocycles. The molecule has 0 atom stereocenters. The SMILES string of the molecule is Cn1ccnc1C(=O)c1ccc(NC(=O)C2CCN(c3cnccn3)CC2)cc1. The summed E-state index contributed by atoms with van der Waals surface area (Å²) in [4.78, 5) is 39.7. The Labute approximate surface area is 168 Å². The highest BCUT2D eigenvalue weighted by Gasteiger charge is 2.25. The van der Waals surface area contributed by atoms with Crippen molar-refractivity contribution >= 4 is 23.2 Å². The first-order valence-electron chi connectivity index (χ1n) is 9.56. The molecule has 1 aromatic carbocycles. The van der Waals surface area contributed by atoms with Gasteiger partial charge in [-0.25, -0.2) is 9.97 Å². The molecule has 1 fully saturated rings. The molecule has 3 aromatic rings. The van der Waals surface area contributed by atoms with Crippen molar-refractivity contribution < 1.29 is 9.59 Å². The molecule has 0 radical (unpaired) electrons. The van der Waals surface area contributed by atoms with Crippen LogP contribution in [0.2, 0.25) is 0 Å². The van der Waals surface area contributed by atoms with Gasteiger partial charge in [0.25, 0.3) is 0 Å². The second-order valence-corrected chi connectivity index (χ2v) is 7.08. The second-order valence-electron chi connectivity index (χ2n) is 7.08. The summed E-state index contributed by atoms with van der Waals surface area (Å²) in [5.41, 5.74) is 1.22. The smallest absolute Gasteiger partial charge is 0.228 e. The molecule has 0 saturated carbocycles. The molecule has 0 bridgehead atoms. The lowest BCUT2D eigenvalue weighted by molar-refractivity contribution is -0.120. The molecular weight excluding hydrogens is 368 g/mol. The van der Waals surface area contributed by atoms with Crippen LogP contribution in [-0.4, -0.2) is 44.3 Å². The number of benzene rings is 1. The zero-order chi connectivity index (χ0) is 20.2. The first-order valence-corrected chi connectivity index (χ1v) is 9.56. The number of ketones is 1. The summed E-state index contributed by atoms with van der Waals surface area (Å²) < 4.78 is 1.69. The maximum Gasteiger partial charge on any atom is 0.228 e. The lowest BCUT2D eigenvalue weighted by Gasteiger charge is -2.31. The molecule has 0 aliphatic carbocycles. The van der Waals surface area contributed by atoms with Crippen LogP contribution >= 0.6 is 0 Å². The Balaban J connectivity index is 1.33. The minimum Gasteiger partial charge on any atom is -0.355 e. The van der Waals surface area contributed by atoms with Gasteiger partial charge in [0.15, 0.2) is 5.82 Å². The van der Waals surface area contributed by atoms with Crippen molar-refractivity contribution in [2.75, 3.05) is 23.3 Å². The number of nitrogens with zero attached hydrogens (tertiary/aromatic N) is 5. The van der Waals surface area contributed by atoms with E-state index in [1.165, 1.54) is 0 Å². The van der Waals surface area contributed by atoms with E-state index >= 15 is 0 Å². The van der Waals surface area contributed by atoms with E-state index in [-0.39, 0.29) is 17.6 Å². The Kier molecular flexibility index (Phi) is 5.33. The molecule has 0 unspecified atom stereocenters. The average molecular weight is 390 g/mol. The molecule has 1 aliphatic rings. The Hall–Kier alpha value is -3.55. The van der Waals surface area contributed by atoms with Crippen LogP contribution in [0.15, 0.2) is 55.2 Å². The summed E-state index contributed by atoms with van der Waals surface area (Å²) in [5, 5.41) is 2.96. The third-order valence-electron chi connectivity index (χ3n) is 5.18. The number of anilines is 2. The summed E-state index contributed by atoms with van der Waals surface area (Å²) in [6.45, 7) is 1.54. The number of aryl methyl sites for hydroxylation is 1. The molecule has 1 aliphatic heterocycles. The zero-order valence-electron chi connectivity index (χ0n) is 16.2. The van der Waals surface area contributed by atoms with E-state index < -0.39 is 0 Å². The van der Waals surface area contributed by atoms with E-state index in [1.807, 2.05) is 0 Å². The van der Waals surface area contributed by atoms with Crippen LogP contribution in [0.3, 0.4) is 0 Å². The predicted molar refractivity (Wildman–Crippen MR) is 109 cm³/mol. The van der Waals surface area contributed by atoms with Gasteiger partial charge in [0.1, 0.15) is 5.82 Å². The van der Waals surface area contributed by atoms with Crippen LogP contribution in [0.4, 0.5) is 11.5 Å². The summed E-state index contributed by atoms with van der Waals surface area (Å²) in [5.74, 6) is 1.05. The largest absolute Gasteiger partial charge is 0.355 e. The van der Waals surface area contributed by atoms with Gasteiger partial charge in [0.05, 0.1) is 6.20 Å². The van der Waals surface area contributed by atoms with Crippen LogP contribution in [0.5, 0.6) is 0 Å². The Morgan fingerprint density at radius 2 is 1.79 bits per heavy atom. The molecule has 8 heteroatoms. The average Bonchev–Trinajstić information content (AvgIpc) is 3.20. The van der Waals surface area contributed by atoms with Crippen molar-refractivity contribution in [3.05, 3.63) is 66.6 Å². The maximum absolute atomic E-state index is 12.6. The van der Waals surface area contributed by atoms with Crippen LogP contribution in [-0.2, 0) is 11.8 Å². The number of piperidine rings is 1. The van der Waals surface area contributed by atoms with Crippen molar-refractivity contribution in [1.29, 1.82) is 0 Å². The highest BCUT2D eigenvalue weighted by Crippen LogP contribution is 2.23. The fraction of sp³-hybridized carbons (Fsp3) is 0.286. The Bertz CT molecular complexity index is 992. The number of rotatable bonds is 5. The molecule has 0 spiro atoms. The van der Waals surface area contributed by atoms with Crippen molar-refractivity contribution in [1.82, 2.24) is 19.5 Å². The number of carbonyl (C=O) groups is 2. The topological polar surface area (TPSA) is 93.0 Å². The molecule has 3 heterocycles. The minimum absolute atomic E-state index is 0.00646. The zero-order valence-corrected chi connectivity index (χ0v) is 16.2. The number of imidazole rings is 1. The fourth-order valence-electron chi connectivity index (χ4n) is 3.49. The highest BCUT2D eigenvalue weighted by atomic mass is 16.2. The van der Waals surface area contributed by atoms with Gasteiger partial charge >= 0.3 is 0 Å². The molecule has 1 N–H and O–H groups in total. The summed E-state index contributed by atoms with van der Waals surface area (Å²) in [7, 11) is 1.78. The van der Waals surface area contributed by atoms with Gasteiger partial charge in [0.2, 0.25) is 11.7 Å². The summed E-state index contributed by atoms with van der Waals surface area (Å²) in [6, 6.07) is 6.93. The molecule has 8 nitrogen and oxygen atoms in total. The molecule has 148 valence electrons. The van der Waals surface area contributed by atoms with Crippen molar-refractivity contribution in [3.8, 4) is 0 Å². The molecule has 1 saturated heterocycles. The Morgan fingerprint density at radius 1 is 1.03 bits per heavy atom. The summed E-state index contributed by atoms with van der Waals surface area (Å²) in [6.07, 6.45) is 9.93. The summed E-state index contributed by atoms with van der Waals surface area (Å²) >= 11 is 0. The van der Waals surface area contributed by atoms with Gasteiger partial charge in [-0.2, -0.15) is 0 Å². The van der Waals surface area contributed by atoms with Crippen LogP contribution in [0.1, 0.15) is 29.0 Å². The molecule has 4 rings (SSSR count). The van der Waals surface area contributed by atoms with E-state index in [0.29, 0.717) is 17.1 Å². The van der Waals surface area contributed by atoms with Gasteiger partial charge in [0, 0.05) is 62.1 Å². The number of carbonyl (C=O) groups excluding carboxylic acids is 2. The number of hydrogen-bond donors (Lipinski definition) is 1.